The van der Waals surface area contributed by atoms with E-state index >= 15 is 4.39 Å². The Balaban J connectivity index is 1.92. The Morgan fingerprint density at radius 3 is 2.38 bits per heavy atom. The summed E-state index contributed by atoms with van der Waals surface area (Å²) in [4.78, 5) is 14.7. The number of benzene rings is 3. The van der Waals surface area contributed by atoms with Crippen LogP contribution in [0.15, 0.2) is 48.5 Å². The van der Waals surface area contributed by atoms with Gasteiger partial charge in [0.25, 0.3) is 5.91 Å². The number of carbonyl (C=O) groups is 1. The van der Waals surface area contributed by atoms with E-state index in [4.69, 9.17) is 21.1 Å². The lowest BCUT2D eigenvalue weighted by molar-refractivity contribution is 0.0687. The van der Waals surface area contributed by atoms with Crippen LogP contribution in [0.25, 0.3) is 0 Å². The zero-order valence-corrected chi connectivity index (χ0v) is 18.1. The van der Waals surface area contributed by atoms with E-state index in [1.54, 1.807) is 12.1 Å². The fraction of sp³-hybridized carbons (Fsp3) is 0.208. The maximum absolute atomic E-state index is 15.0. The van der Waals surface area contributed by atoms with E-state index in [9.17, 15) is 13.6 Å². The number of hydrogen-bond acceptors (Lipinski definition) is 3. The van der Waals surface area contributed by atoms with E-state index in [-0.39, 0.29) is 22.7 Å². The first-order valence-electron chi connectivity index (χ1n) is 9.80. The van der Waals surface area contributed by atoms with Crippen LogP contribution in [0, 0.1) is 17.5 Å². The number of methoxy groups -OCH3 is 2. The van der Waals surface area contributed by atoms with Crippen molar-refractivity contribution in [3.8, 4) is 11.5 Å². The van der Waals surface area contributed by atoms with Crippen molar-refractivity contribution in [1.29, 1.82) is 0 Å². The molecule has 1 heterocycles. The average Bonchev–Trinajstić information content (AvgIpc) is 2.77. The van der Waals surface area contributed by atoms with E-state index in [1.165, 1.54) is 37.3 Å². The second-order valence-corrected chi connectivity index (χ2v) is 7.72. The highest BCUT2D eigenvalue weighted by Crippen LogP contribution is 2.44. The molecule has 32 heavy (non-hydrogen) atoms. The highest BCUT2D eigenvalue weighted by atomic mass is 35.5. The van der Waals surface area contributed by atoms with Gasteiger partial charge in [-0.1, -0.05) is 17.7 Å². The quantitative estimate of drug-likeness (QED) is 0.510. The molecule has 1 aliphatic heterocycles. The summed E-state index contributed by atoms with van der Waals surface area (Å²) in [5.74, 6) is -2.21. The molecule has 0 N–H and O–H groups in total. The number of carbonyl (C=O) groups excluding carboxylic acids is 1. The van der Waals surface area contributed by atoms with Crippen LogP contribution in [0.5, 0.6) is 11.5 Å². The van der Waals surface area contributed by atoms with E-state index in [0.717, 1.165) is 17.7 Å². The largest absolute Gasteiger partial charge is 0.493 e. The normalized spacial score (nSPS) is 15.3. The lowest BCUT2D eigenvalue weighted by Crippen LogP contribution is -2.41. The number of hydrogen-bond donors (Lipinski definition) is 0. The minimum Gasteiger partial charge on any atom is -0.493 e. The van der Waals surface area contributed by atoms with E-state index in [0.29, 0.717) is 29.5 Å². The summed E-state index contributed by atoms with van der Waals surface area (Å²) in [6.07, 6.45) is 0.410. The molecule has 3 aromatic rings. The fourth-order valence-electron chi connectivity index (χ4n) is 4.07. The zero-order valence-electron chi connectivity index (χ0n) is 17.3. The van der Waals surface area contributed by atoms with E-state index < -0.39 is 29.4 Å². The zero-order chi connectivity index (χ0) is 23.0. The number of ether oxygens (including phenoxy) is 2. The highest BCUT2D eigenvalue weighted by Gasteiger charge is 2.37. The summed E-state index contributed by atoms with van der Waals surface area (Å²) in [6, 6.07) is 9.45. The molecule has 8 heteroatoms. The van der Waals surface area contributed by atoms with Gasteiger partial charge in [0.2, 0.25) is 0 Å². The summed E-state index contributed by atoms with van der Waals surface area (Å²) in [5, 5.41) is 0.120. The maximum Gasteiger partial charge on any atom is 0.257 e. The van der Waals surface area contributed by atoms with Gasteiger partial charge in [-0.05, 0) is 53.9 Å². The lowest BCUT2D eigenvalue weighted by Gasteiger charge is -2.38. The van der Waals surface area contributed by atoms with Gasteiger partial charge in [-0.15, -0.1) is 0 Å². The van der Waals surface area contributed by atoms with Crippen molar-refractivity contribution in [3.63, 3.8) is 0 Å². The molecule has 3 aromatic carbocycles. The Bertz CT molecular complexity index is 1180. The van der Waals surface area contributed by atoms with E-state index in [1.807, 2.05) is 0 Å². The van der Waals surface area contributed by atoms with Gasteiger partial charge in [0.05, 0.1) is 25.8 Å². The molecule has 0 saturated carbocycles. The Morgan fingerprint density at radius 1 is 1.00 bits per heavy atom. The molecule has 0 bridgehead atoms. The van der Waals surface area contributed by atoms with Gasteiger partial charge in [0, 0.05) is 23.2 Å². The first-order chi connectivity index (χ1) is 15.3. The van der Waals surface area contributed by atoms with Crippen molar-refractivity contribution >= 4 is 17.5 Å². The summed E-state index contributed by atoms with van der Waals surface area (Å²) < 4.78 is 53.6. The number of amides is 1. The molecular weight excluding hydrogens is 443 g/mol. The molecule has 0 aliphatic carbocycles. The van der Waals surface area contributed by atoms with Crippen molar-refractivity contribution in [2.45, 2.75) is 12.5 Å². The smallest absolute Gasteiger partial charge is 0.257 e. The van der Waals surface area contributed by atoms with Crippen molar-refractivity contribution in [3.05, 3.63) is 93.3 Å². The lowest BCUT2D eigenvalue weighted by atomic mass is 9.86. The van der Waals surface area contributed by atoms with Crippen LogP contribution in [-0.4, -0.2) is 31.6 Å². The first-order valence-corrected chi connectivity index (χ1v) is 10.2. The van der Waals surface area contributed by atoms with Crippen molar-refractivity contribution in [2.75, 3.05) is 20.8 Å². The Kier molecular flexibility index (Phi) is 6.02. The molecule has 0 unspecified atom stereocenters. The summed E-state index contributed by atoms with van der Waals surface area (Å²) in [6.45, 7) is 0.160. The van der Waals surface area contributed by atoms with Crippen molar-refractivity contribution < 1.29 is 27.4 Å². The minimum absolute atomic E-state index is 0.0817. The molecular formula is C24H19ClF3NO3. The topological polar surface area (TPSA) is 38.8 Å². The van der Waals surface area contributed by atoms with Crippen molar-refractivity contribution in [1.82, 2.24) is 4.90 Å². The molecule has 0 spiro atoms. The molecule has 0 aromatic heterocycles. The summed E-state index contributed by atoms with van der Waals surface area (Å²) in [5.41, 5.74) is 1.17. The predicted octanol–water partition coefficient (Wildman–Crippen LogP) is 5.56. The molecule has 166 valence electrons. The van der Waals surface area contributed by atoms with Crippen LogP contribution < -0.4 is 9.47 Å². The Morgan fingerprint density at radius 2 is 1.72 bits per heavy atom. The second-order valence-electron chi connectivity index (χ2n) is 7.32. The third kappa shape index (κ3) is 3.77. The monoisotopic (exact) mass is 461 g/mol. The predicted molar refractivity (Wildman–Crippen MR) is 114 cm³/mol. The average molecular weight is 462 g/mol. The molecule has 0 fully saturated rings. The van der Waals surface area contributed by atoms with Gasteiger partial charge in [-0.3, -0.25) is 4.79 Å². The van der Waals surface area contributed by atoms with Crippen molar-refractivity contribution in [2.24, 2.45) is 0 Å². The fourth-order valence-corrected chi connectivity index (χ4v) is 4.33. The minimum atomic E-state index is -0.994. The number of rotatable bonds is 4. The van der Waals surface area contributed by atoms with Gasteiger partial charge in [0.1, 0.15) is 17.5 Å². The van der Waals surface area contributed by atoms with Gasteiger partial charge in [-0.25, -0.2) is 13.2 Å². The third-order valence-corrected chi connectivity index (χ3v) is 5.90. The molecule has 4 rings (SSSR count). The van der Waals surface area contributed by atoms with Gasteiger partial charge in [-0.2, -0.15) is 0 Å². The highest BCUT2D eigenvalue weighted by molar-refractivity contribution is 6.31. The van der Waals surface area contributed by atoms with Crippen LogP contribution in [0.1, 0.15) is 33.1 Å². The van der Waals surface area contributed by atoms with Gasteiger partial charge >= 0.3 is 0 Å². The summed E-state index contributed by atoms with van der Waals surface area (Å²) >= 11 is 6.37. The molecule has 1 atom stereocenters. The molecule has 0 saturated heterocycles. The maximum atomic E-state index is 15.0. The van der Waals surface area contributed by atoms with Gasteiger partial charge < -0.3 is 14.4 Å². The number of halogens is 4. The SMILES string of the molecule is COc1cc2c(cc1OC)[C@@H](c1c(F)cccc1Cl)N(C(=O)c1ccc(F)cc1F)CC2. The van der Waals surface area contributed by atoms with Gasteiger partial charge in [0.15, 0.2) is 11.5 Å². The van der Waals surface area contributed by atoms with Crippen LogP contribution in [0.3, 0.4) is 0 Å². The van der Waals surface area contributed by atoms with Crippen LogP contribution in [0.4, 0.5) is 13.2 Å². The number of nitrogens with zero attached hydrogens (tertiary/aromatic N) is 1. The first kappa shape index (κ1) is 22.0. The molecule has 1 aliphatic rings. The number of fused-ring (bicyclic) bond motifs is 1. The van der Waals surface area contributed by atoms with Crippen LogP contribution in [0.2, 0.25) is 5.02 Å². The Labute approximate surface area is 188 Å². The second kappa shape index (κ2) is 8.74. The standard InChI is InChI=1S/C24H19ClF3NO3/c1-31-20-10-13-8-9-29(24(30)15-7-6-14(26)11-19(15)28)23(16(13)12-21(20)32-2)22-17(25)4-3-5-18(22)27/h3-7,10-12,23H,8-9H2,1-2H3/t23-/m0/s1. The molecule has 0 radical (unpaired) electrons. The molecule has 4 nitrogen and oxygen atoms in total. The van der Waals surface area contributed by atoms with Crippen LogP contribution >= 0.6 is 11.6 Å². The third-order valence-electron chi connectivity index (χ3n) is 5.57. The summed E-state index contributed by atoms with van der Waals surface area (Å²) in [7, 11) is 2.97. The van der Waals surface area contributed by atoms with Crippen LogP contribution in [-0.2, 0) is 6.42 Å². The Hall–Kier alpha value is -3.19. The molecule has 1 amide bonds. The van der Waals surface area contributed by atoms with E-state index in [2.05, 4.69) is 0 Å².